The highest BCUT2D eigenvalue weighted by Crippen LogP contribution is 2.47. The second kappa shape index (κ2) is 13.5. The lowest BCUT2D eigenvalue weighted by Gasteiger charge is -2.11. The van der Waals surface area contributed by atoms with E-state index < -0.39 is 0 Å². The van der Waals surface area contributed by atoms with E-state index in [2.05, 4.69) is 164 Å². The van der Waals surface area contributed by atoms with Gasteiger partial charge in [0, 0.05) is 57.0 Å². The summed E-state index contributed by atoms with van der Waals surface area (Å²) >= 11 is 3.70. The SMILES string of the molecule is c1ccc(-c2ccc(-c3nc(-c4ccccc4)nc(-c4ccc5c(c4)sc4cccc(-c6cc(-c7ccccc7)cc7sc8ccccc8c67)c45)n3)cc2)cc1. The number of nitrogens with zero attached hydrogens (tertiary/aromatic N) is 3. The molecule has 0 radical (unpaired) electrons. The third kappa shape index (κ3) is 5.68. The molecule has 3 heterocycles. The quantitative estimate of drug-likeness (QED) is 0.170. The average Bonchev–Trinajstić information content (AvgIpc) is 3.85. The van der Waals surface area contributed by atoms with E-state index in [-0.39, 0.29) is 0 Å². The van der Waals surface area contributed by atoms with Crippen molar-refractivity contribution in [2.24, 2.45) is 0 Å². The Bertz CT molecular complexity index is 3220. The first-order chi connectivity index (χ1) is 27.7. The van der Waals surface area contributed by atoms with Crippen molar-refractivity contribution in [3.63, 3.8) is 0 Å². The van der Waals surface area contributed by atoms with Gasteiger partial charge < -0.3 is 0 Å². The number of hydrogen-bond donors (Lipinski definition) is 0. The molecule has 0 saturated carbocycles. The van der Waals surface area contributed by atoms with E-state index >= 15 is 0 Å². The highest BCUT2D eigenvalue weighted by Gasteiger charge is 2.19. The predicted octanol–water partition coefficient (Wildman–Crippen LogP) is 14.6. The van der Waals surface area contributed by atoms with Crippen molar-refractivity contribution < 1.29 is 0 Å². The van der Waals surface area contributed by atoms with Crippen LogP contribution < -0.4 is 0 Å². The minimum absolute atomic E-state index is 0.650. The van der Waals surface area contributed by atoms with E-state index in [4.69, 9.17) is 15.0 Å². The van der Waals surface area contributed by atoms with Gasteiger partial charge in [0.25, 0.3) is 0 Å². The topological polar surface area (TPSA) is 38.7 Å². The van der Waals surface area contributed by atoms with Crippen LogP contribution in [-0.4, -0.2) is 15.0 Å². The largest absolute Gasteiger partial charge is 0.208 e. The zero-order valence-electron chi connectivity index (χ0n) is 30.1. The van der Waals surface area contributed by atoms with Crippen molar-refractivity contribution in [1.29, 1.82) is 0 Å². The second-order valence-corrected chi connectivity index (χ2v) is 16.1. The van der Waals surface area contributed by atoms with E-state index in [1.807, 2.05) is 46.9 Å². The lowest BCUT2D eigenvalue weighted by Crippen LogP contribution is -2.00. The standard InChI is InChI=1S/C51H31N3S2/c1-4-13-32(14-5-1)34-23-25-36(26-24-34)50-52-49(35-17-8-3-9-18-35)53-51(54-50)37-27-28-41-45(30-37)56-44-22-12-20-39(47(41)44)42-29-38(33-15-6-2-7-16-33)31-46-48(42)40-19-10-11-21-43(40)55-46/h1-31H. The van der Waals surface area contributed by atoms with Gasteiger partial charge in [0.05, 0.1) is 0 Å². The fourth-order valence-corrected chi connectivity index (χ4v) is 10.2. The summed E-state index contributed by atoms with van der Waals surface area (Å²) in [6, 6.07) is 66.8. The Morgan fingerprint density at radius 1 is 0.268 bits per heavy atom. The van der Waals surface area contributed by atoms with Gasteiger partial charge in [-0.25, -0.2) is 15.0 Å². The molecule has 0 bridgehead atoms. The molecular formula is C51H31N3S2. The molecule has 11 aromatic rings. The Labute approximate surface area is 331 Å². The number of rotatable bonds is 6. The Balaban J connectivity index is 1.07. The second-order valence-electron chi connectivity index (χ2n) is 14.0. The first-order valence-electron chi connectivity index (χ1n) is 18.7. The molecule has 5 heteroatoms. The lowest BCUT2D eigenvalue weighted by atomic mass is 9.92. The normalized spacial score (nSPS) is 11.6. The monoisotopic (exact) mass is 749 g/mol. The molecule has 0 aliphatic rings. The van der Waals surface area contributed by atoms with Crippen molar-refractivity contribution in [3.05, 3.63) is 188 Å². The molecular weight excluding hydrogens is 719 g/mol. The molecule has 11 rings (SSSR count). The molecule has 0 N–H and O–H groups in total. The van der Waals surface area contributed by atoms with Gasteiger partial charge in [-0.2, -0.15) is 0 Å². The zero-order valence-corrected chi connectivity index (χ0v) is 31.7. The Morgan fingerprint density at radius 3 is 1.45 bits per heavy atom. The number of thiophene rings is 2. The summed E-state index contributed by atoms with van der Waals surface area (Å²) in [6.45, 7) is 0. The molecule has 0 saturated heterocycles. The molecule has 3 nitrogen and oxygen atoms in total. The highest BCUT2D eigenvalue weighted by atomic mass is 32.1. The Morgan fingerprint density at radius 2 is 0.732 bits per heavy atom. The van der Waals surface area contributed by atoms with Crippen LogP contribution in [0.2, 0.25) is 0 Å². The summed E-state index contributed by atoms with van der Waals surface area (Å²) in [5.41, 5.74) is 10.2. The molecule has 3 aromatic heterocycles. The van der Waals surface area contributed by atoms with Gasteiger partial charge in [0.1, 0.15) is 0 Å². The first kappa shape index (κ1) is 32.6. The van der Waals surface area contributed by atoms with Crippen molar-refractivity contribution in [2.75, 3.05) is 0 Å². The molecule has 0 fully saturated rings. The third-order valence-electron chi connectivity index (χ3n) is 10.5. The smallest absolute Gasteiger partial charge is 0.164 e. The van der Waals surface area contributed by atoms with Crippen LogP contribution >= 0.6 is 22.7 Å². The third-order valence-corrected chi connectivity index (χ3v) is 12.8. The van der Waals surface area contributed by atoms with Gasteiger partial charge in [-0.15, -0.1) is 22.7 Å². The van der Waals surface area contributed by atoms with Crippen LogP contribution in [0.5, 0.6) is 0 Å². The minimum atomic E-state index is 0.650. The van der Waals surface area contributed by atoms with Gasteiger partial charge in [-0.3, -0.25) is 0 Å². The van der Waals surface area contributed by atoms with Crippen LogP contribution in [0.4, 0.5) is 0 Å². The maximum Gasteiger partial charge on any atom is 0.164 e. The average molecular weight is 750 g/mol. The maximum atomic E-state index is 5.11. The molecule has 0 amide bonds. The van der Waals surface area contributed by atoms with Crippen LogP contribution in [0.25, 0.3) is 108 Å². The van der Waals surface area contributed by atoms with Crippen LogP contribution in [-0.2, 0) is 0 Å². The summed E-state index contributed by atoms with van der Waals surface area (Å²) in [7, 11) is 0. The summed E-state index contributed by atoms with van der Waals surface area (Å²) < 4.78 is 5.06. The molecule has 0 spiro atoms. The molecule has 0 aliphatic carbocycles. The molecule has 0 aliphatic heterocycles. The predicted molar refractivity (Wildman–Crippen MR) is 238 cm³/mol. The molecule has 0 atom stereocenters. The highest BCUT2D eigenvalue weighted by molar-refractivity contribution is 7.26. The van der Waals surface area contributed by atoms with Gasteiger partial charge in [0.15, 0.2) is 17.5 Å². The first-order valence-corrected chi connectivity index (χ1v) is 20.3. The van der Waals surface area contributed by atoms with Gasteiger partial charge in [-0.1, -0.05) is 158 Å². The maximum absolute atomic E-state index is 5.11. The summed E-state index contributed by atoms with van der Waals surface area (Å²) in [6.07, 6.45) is 0. The van der Waals surface area contributed by atoms with Gasteiger partial charge in [-0.05, 0) is 63.7 Å². The molecule has 8 aromatic carbocycles. The minimum Gasteiger partial charge on any atom is -0.208 e. The van der Waals surface area contributed by atoms with E-state index in [1.165, 1.54) is 68.2 Å². The van der Waals surface area contributed by atoms with Crippen molar-refractivity contribution in [2.45, 2.75) is 0 Å². The van der Waals surface area contributed by atoms with Crippen molar-refractivity contribution >= 4 is 63.0 Å². The lowest BCUT2D eigenvalue weighted by molar-refractivity contribution is 1.07. The van der Waals surface area contributed by atoms with E-state index in [9.17, 15) is 0 Å². The Hall–Kier alpha value is -6.79. The summed E-state index contributed by atoms with van der Waals surface area (Å²) in [5.74, 6) is 1.96. The van der Waals surface area contributed by atoms with Crippen molar-refractivity contribution in [3.8, 4) is 67.5 Å². The van der Waals surface area contributed by atoms with E-state index in [0.29, 0.717) is 17.5 Å². The van der Waals surface area contributed by atoms with Crippen molar-refractivity contribution in [1.82, 2.24) is 15.0 Å². The number of benzene rings is 8. The zero-order chi connectivity index (χ0) is 37.0. The number of hydrogen-bond acceptors (Lipinski definition) is 5. The Kier molecular flexibility index (Phi) is 7.87. The van der Waals surface area contributed by atoms with Crippen LogP contribution in [0, 0.1) is 0 Å². The van der Waals surface area contributed by atoms with Crippen LogP contribution in [0.1, 0.15) is 0 Å². The van der Waals surface area contributed by atoms with E-state index in [1.54, 1.807) is 0 Å². The summed E-state index contributed by atoms with van der Waals surface area (Å²) in [4.78, 5) is 15.2. The van der Waals surface area contributed by atoms with Gasteiger partial charge >= 0.3 is 0 Å². The fourth-order valence-electron chi connectivity index (χ4n) is 7.85. The van der Waals surface area contributed by atoms with Crippen LogP contribution in [0.15, 0.2) is 188 Å². The molecule has 0 unspecified atom stereocenters. The van der Waals surface area contributed by atoms with Gasteiger partial charge in [0.2, 0.25) is 0 Å². The number of fused-ring (bicyclic) bond motifs is 6. The van der Waals surface area contributed by atoms with E-state index in [0.717, 1.165) is 22.3 Å². The number of aromatic nitrogens is 3. The van der Waals surface area contributed by atoms with Crippen LogP contribution in [0.3, 0.4) is 0 Å². The molecule has 56 heavy (non-hydrogen) atoms. The molecule has 262 valence electrons. The summed E-state index contributed by atoms with van der Waals surface area (Å²) in [5, 5.41) is 5.13. The fraction of sp³-hybridized carbons (Fsp3) is 0.